The highest BCUT2D eigenvalue weighted by Gasteiger charge is 2.22. The highest BCUT2D eigenvalue weighted by Crippen LogP contribution is 2.24. The van der Waals surface area contributed by atoms with E-state index in [4.69, 9.17) is 9.47 Å². The first kappa shape index (κ1) is 20.9. The number of hydrogen-bond donors (Lipinski definition) is 0. The lowest BCUT2D eigenvalue weighted by Crippen LogP contribution is -2.48. The van der Waals surface area contributed by atoms with E-state index in [0.717, 1.165) is 30.9 Å². The number of nitrogens with zero attached hydrogens (tertiary/aromatic N) is 2. The Balaban J connectivity index is 1.29. The van der Waals surface area contributed by atoms with E-state index < -0.39 is 0 Å². The molecule has 0 bridgehead atoms. The van der Waals surface area contributed by atoms with Crippen LogP contribution in [0.1, 0.15) is 15.9 Å². The predicted octanol–water partition coefficient (Wildman–Crippen LogP) is 4.58. The molecule has 0 N–H and O–H groups in total. The number of benzene rings is 3. The highest BCUT2D eigenvalue weighted by molar-refractivity contribution is 5.94. The summed E-state index contributed by atoms with van der Waals surface area (Å²) in [5.41, 5.74) is 1.72. The summed E-state index contributed by atoms with van der Waals surface area (Å²) < 4.78 is 24.0. The second-order valence-electron chi connectivity index (χ2n) is 7.50. The second-order valence-corrected chi connectivity index (χ2v) is 7.50. The number of carbonyl (C=O) groups is 1. The van der Waals surface area contributed by atoms with Crippen LogP contribution in [0.4, 0.5) is 4.39 Å². The van der Waals surface area contributed by atoms with Crippen molar-refractivity contribution in [2.45, 2.75) is 6.54 Å². The molecule has 1 heterocycles. The van der Waals surface area contributed by atoms with E-state index in [9.17, 15) is 9.18 Å². The van der Waals surface area contributed by atoms with Crippen molar-refractivity contribution in [2.24, 2.45) is 0 Å². The van der Waals surface area contributed by atoms with E-state index in [1.807, 2.05) is 53.4 Å². The Hall–Kier alpha value is -3.38. The van der Waals surface area contributed by atoms with Crippen molar-refractivity contribution in [2.75, 3.05) is 33.3 Å². The highest BCUT2D eigenvalue weighted by atomic mass is 19.1. The maximum atomic E-state index is 13.1. The molecule has 3 aromatic carbocycles. The third-order valence-electron chi connectivity index (χ3n) is 5.38. The molecule has 1 aliphatic heterocycles. The third kappa shape index (κ3) is 5.41. The Morgan fingerprint density at radius 3 is 1.94 bits per heavy atom. The summed E-state index contributed by atoms with van der Waals surface area (Å²) in [4.78, 5) is 17.0. The van der Waals surface area contributed by atoms with Gasteiger partial charge in [-0.15, -0.1) is 0 Å². The van der Waals surface area contributed by atoms with Crippen molar-refractivity contribution in [3.63, 3.8) is 0 Å². The number of rotatable bonds is 6. The molecule has 0 radical (unpaired) electrons. The van der Waals surface area contributed by atoms with Crippen LogP contribution in [0.2, 0.25) is 0 Å². The van der Waals surface area contributed by atoms with Crippen LogP contribution in [0.15, 0.2) is 72.8 Å². The van der Waals surface area contributed by atoms with Crippen LogP contribution in [-0.4, -0.2) is 49.0 Å². The molecule has 4 rings (SSSR count). The van der Waals surface area contributed by atoms with Gasteiger partial charge in [0.05, 0.1) is 7.11 Å². The lowest BCUT2D eigenvalue weighted by molar-refractivity contribution is 0.0628. The second kappa shape index (κ2) is 9.62. The van der Waals surface area contributed by atoms with Gasteiger partial charge in [0.1, 0.15) is 23.1 Å². The van der Waals surface area contributed by atoms with E-state index in [1.54, 1.807) is 19.2 Å². The van der Waals surface area contributed by atoms with Crippen molar-refractivity contribution in [1.82, 2.24) is 9.80 Å². The molecule has 1 saturated heterocycles. The lowest BCUT2D eigenvalue weighted by atomic mass is 10.1. The van der Waals surface area contributed by atoms with Crippen molar-refractivity contribution < 1.29 is 18.7 Å². The maximum absolute atomic E-state index is 13.1. The fourth-order valence-electron chi connectivity index (χ4n) is 3.59. The summed E-state index contributed by atoms with van der Waals surface area (Å²) in [6.07, 6.45) is 0. The van der Waals surface area contributed by atoms with E-state index in [2.05, 4.69) is 4.90 Å². The molecule has 0 unspecified atom stereocenters. The Labute approximate surface area is 181 Å². The average Bonchev–Trinajstić information content (AvgIpc) is 2.82. The van der Waals surface area contributed by atoms with Crippen LogP contribution in [-0.2, 0) is 6.54 Å². The van der Waals surface area contributed by atoms with E-state index in [0.29, 0.717) is 30.2 Å². The summed E-state index contributed by atoms with van der Waals surface area (Å²) in [5.74, 6) is 1.95. The van der Waals surface area contributed by atoms with Gasteiger partial charge in [0.2, 0.25) is 0 Å². The van der Waals surface area contributed by atoms with Crippen molar-refractivity contribution >= 4 is 5.91 Å². The normalized spacial score (nSPS) is 14.3. The maximum Gasteiger partial charge on any atom is 0.253 e. The summed E-state index contributed by atoms with van der Waals surface area (Å²) in [5, 5.41) is 0. The van der Waals surface area contributed by atoms with Crippen LogP contribution in [0.3, 0.4) is 0 Å². The minimum atomic E-state index is -0.223. The standard InChI is InChI=1S/C25H25FN2O3/c1-30-22-10-12-24(13-11-22)31-23-8-4-20(5-9-23)25(29)28-16-14-27(15-17-28)18-19-2-6-21(26)7-3-19/h2-13H,14-18H2,1H3. The zero-order chi connectivity index (χ0) is 21.6. The van der Waals surface area contributed by atoms with Crippen molar-refractivity contribution in [3.8, 4) is 17.2 Å². The smallest absolute Gasteiger partial charge is 0.253 e. The number of amides is 1. The molecule has 0 saturated carbocycles. The lowest BCUT2D eigenvalue weighted by Gasteiger charge is -2.34. The molecule has 0 atom stereocenters. The monoisotopic (exact) mass is 420 g/mol. The predicted molar refractivity (Wildman–Crippen MR) is 117 cm³/mol. The van der Waals surface area contributed by atoms with E-state index >= 15 is 0 Å². The Morgan fingerprint density at radius 2 is 1.35 bits per heavy atom. The van der Waals surface area contributed by atoms with Crippen LogP contribution in [0, 0.1) is 5.82 Å². The Morgan fingerprint density at radius 1 is 0.806 bits per heavy atom. The Kier molecular flexibility index (Phi) is 6.48. The average molecular weight is 420 g/mol. The minimum Gasteiger partial charge on any atom is -0.497 e. The molecule has 1 aliphatic rings. The molecule has 3 aromatic rings. The SMILES string of the molecule is COc1ccc(Oc2ccc(C(=O)N3CCN(Cc4ccc(F)cc4)CC3)cc2)cc1. The van der Waals surface area contributed by atoms with Crippen LogP contribution in [0.5, 0.6) is 17.2 Å². The number of halogens is 1. The van der Waals surface area contributed by atoms with Gasteiger partial charge in [-0.2, -0.15) is 0 Å². The quantitative estimate of drug-likeness (QED) is 0.585. The van der Waals surface area contributed by atoms with E-state index in [1.165, 1.54) is 12.1 Å². The van der Waals surface area contributed by atoms with Crippen LogP contribution < -0.4 is 9.47 Å². The molecule has 1 amide bonds. The van der Waals surface area contributed by atoms with Gasteiger partial charge in [-0.25, -0.2) is 4.39 Å². The topological polar surface area (TPSA) is 42.0 Å². The van der Waals surface area contributed by atoms with Gasteiger partial charge in [-0.1, -0.05) is 12.1 Å². The van der Waals surface area contributed by atoms with Gasteiger partial charge < -0.3 is 14.4 Å². The zero-order valence-electron chi connectivity index (χ0n) is 17.5. The van der Waals surface area contributed by atoms with Gasteiger partial charge in [-0.05, 0) is 66.2 Å². The van der Waals surface area contributed by atoms with Gasteiger partial charge in [0.15, 0.2) is 0 Å². The fourth-order valence-corrected chi connectivity index (χ4v) is 3.59. The largest absolute Gasteiger partial charge is 0.497 e. The summed E-state index contributed by atoms with van der Waals surface area (Å²) in [6.45, 7) is 3.69. The fraction of sp³-hybridized carbons (Fsp3) is 0.240. The van der Waals surface area contributed by atoms with Gasteiger partial charge >= 0.3 is 0 Å². The molecule has 0 aliphatic carbocycles. The minimum absolute atomic E-state index is 0.0254. The molecule has 0 spiro atoms. The van der Waals surface area contributed by atoms with Crippen molar-refractivity contribution in [1.29, 1.82) is 0 Å². The summed E-state index contributed by atoms with van der Waals surface area (Å²) in [7, 11) is 1.62. The number of piperazine rings is 1. The van der Waals surface area contributed by atoms with Gasteiger partial charge in [0, 0.05) is 38.3 Å². The molecule has 6 heteroatoms. The molecular weight excluding hydrogens is 395 g/mol. The summed E-state index contributed by atoms with van der Waals surface area (Å²) >= 11 is 0. The van der Waals surface area contributed by atoms with Gasteiger partial charge in [-0.3, -0.25) is 9.69 Å². The van der Waals surface area contributed by atoms with Crippen molar-refractivity contribution in [3.05, 3.63) is 89.7 Å². The first-order valence-corrected chi connectivity index (χ1v) is 10.3. The first-order valence-electron chi connectivity index (χ1n) is 10.3. The summed E-state index contributed by atoms with van der Waals surface area (Å²) in [6, 6.07) is 21.1. The molecule has 31 heavy (non-hydrogen) atoms. The molecular formula is C25H25FN2O3. The van der Waals surface area contributed by atoms with Gasteiger partial charge in [0.25, 0.3) is 5.91 Å². The first-order chi connectivity index (χ1) is 15.1. The number of methoxy groups -OCH3 is 1. The molecule has 5 nitrogen and oxygen atoms in total. The molecule has 160 valence electrons. The van der Waals surface area contributed by atoms with Crippen LogP contribution >= 0.6 is 0 Å². The Bertz CT molecular complexity index is 996. The number of carbonyl (C=O) groups excluding carboxylic acids is 1. The number of ether oxygens (including phenoxy) is 2. The van der Waals surface area contributed by atoms with E-state index in [-0.39, 0.29) is 11.7 Å². The molecule has 1 fully saturated rings. The molecule has 0 aromatic heterocycles. The zero-order valence-corrected chi connectivity index (χ0v) is 17.5. The number of hydrogen-bond acceptors (Lipinski definition) is 4. The third-order valence-corrected chi connectivity index (χ3v) is 5.38. The van der Waals surface area contributed by atoms with Crippen LogP contribution in [0.25, 0.3) is 0 Å².